The average Bonchev–Trinajstić information content (AvgIpc) is 2.12. The summed E-state index contributed by atoms with van der Waals surface area (Å²) in [6, 6.07) is 0. The molecule has 0 fully saturated rings. The summed E-state index contributed by atoms with van der Waals surface area (Å²) in [7, 11) is -4.01. The van der Waals surface area contributed by atoms with Gasteiger partial charge < -0.3 is 4.89 Å². The molecule has 0 saturated carbocycles. The summed E-state index contributed by atoms with van der Waals surface area (Å²) < 4.78 is 20.3. The smallest absolute Gasteiger partial charge is 0.302 e. The van der Waals surface area contributed by atoms with Gasteiger partial charge in [0.1, 0.15) is 0 Å². The lowest BCUT2D eigenvalue weighted by Crippen LogP contribution is -2.02. The molecule has 0 aliphatic heterocycles. The van der Waals surface area contributed by atoms with E-state index in [2.05, 4.69) is 15.6 Å². The first-order chi connectivity index (χ1) is 6.52. The third kappa shape index (κ3) is 7.54. The molecule has 0 bridgehead atoms. The molecule has 84 valence electrons. The van der Waals surface area contributed by atoms with Crippen molar-refractivity contribution in [1.29, 1.82) is 0 Å². The highest BCUT2D eigenvalue weighted by atomic mass is 35.5. The van der Waals surface area contributed by atoms with Crippen molar-refractivity contribution >= 4 is 19.4 Å². The van der Waals surface area contributed by atoms with Gasteiger partial charge in [0, 0.05) is 0 Å². The van der Waals surface area contributed by atoms with E-state index in [1.54, 1.807) is 0 Å². The van der Waals surface area contributed by atoms with Crippen molar-refractivity contribution in [2.45, 2.75) is 31.7 Å². The number of phosphoric ester groups is 1. The summed E-state index contributed by atoms with van der Waals surface area (Å²) >= 11 is 5.44. The lowest BCUT2D eigenvalue weighted by molar-refractivity contribution is 0.148. The maximum absolute atomic E-state index is 11.1. The van der Waals surface area contributed by atoms with E-state index < -0.39 is 13.4 Å². The molecule has 0 rings (SSSR count). The third-order valence-corrected chi connectivity index (χ3v) is 2.82. The second-order valence-electron chi connectivity index (χ2n) is 2.70. The highest BCUT2D eigenvalue weighted by Crippen LogP contribution is 2.45. The molecule has 2 atom stereocenters. The monoisotopic (exact) mass is 242 g/mol. The second kappa shape index (κ2) is 7.43. The number of unbranched alkanes of at least 4 members (excludes halogenated alkanes) is 2. The number of halogens is 1. The van der Waals surface area contributed by atoms with Gasteiger partial charge in [-0.25, -0.2) is 4.57 Å². The summed E-state index contributed by atoms with van der Waals surface area (Å²) in [5.41, 5.74) is -1.00. The van der Waals surface area contributed by atoms with Gasteiger partial charge in [-0.1, -0.05) is 37.9 Å². The van der Waals surface area contributed by atoms with Crippen molar-refractivity contribution in [2.75, 3.05) is 6.61 Å². The van der Waals surface area contributed by atoms with E-state index in [-0.39, 0.29) is 6.61 Å². The zero-order chi connectivity index (χ0) is 11.0. The van der Waals surface area contributed by atoms with Gasteiger partial charge >= 0.3 is 7.82 Å². The molecular formula is C8H16ClO4P. The SMILES string of the molecule is C=CC(Cl)OP(=O)(O)OCCCCC. The second-order valence-corrected chi connectivity index (χ2v) is 4.54. The Morgan fingerprint density at radius 1 is 1.64 bits per heavy atom. The Morgan fingerprint density at radius 2 is 2.29 bits per heavy atom. The summed E-state index contributed by atoms with van der Waals surface area (Å²) in [4.78, 5) is 9.09. The van der Waals surface area contributed by atoms with Crippen LogP contribution in [0.15, 0.2) is 12.7 Å². The van der Waals surface area contributed by atoms with E-state index in [1.165, 1.54) is 6.08 Å². The number of phosphoric acid groups is 1. The van der Waals surface area contributed by atoms with Crippen LogP contribution in [0.3, 0.4) is 0 Å². The molecule has 0 heterocycles. The average molecular weight is 243 g/mol. The molecule has 0 radical (unpaired) electrons. The van der Waals surface area contributed by atoms with Gasteiger partial charge in [-0.15, -0.1) is 0 Å². The van der Waals surface area contributed by atoms with E-state index in [0.717, 1.165) is 19.3 Å². The van der Waals surface area contributed by atoms with Crippen molar-refractivity contribution in [3.05, 3.63) is 12.7 Å². The predicted molar refractivity (Wildman–Crippen MR) is 56.2 cm³/mol. The Hall–Kier alpha value is 0.140. The molecule has 2 unspecified atom stereocenters. The number of rotatable bonds is 8. The number of alkyl halides is 1. The van der Waals surface area contributed by atoms with Crippen LogP contribution < -0.4 is 0 Å². The lowest BCUT2D eigenvalue weighted by Gasteiger charge is -2.13. The molecule has 14 heavy (non-hydrogen) atoms. The van der Waals surface area contributed by atoms with Crippen LogP contribution in [0, 0.1) is 0 Å². The molecule has 0 aromatic rings. The largest absolute Gasteiger partial charge is 0.473 e. The van der Waals surface area contributed by atoms with Crippen molar-refractivity contribution in [2.24, 2.45) is 0 Å². The van der Waals surface area contributed by atoms with Crippen LogP contribution in [-0.4, -0.2) is 17.1 Å². The minimum Gasteiger partial charge on any atom is -0.302 e. The molecule has 0 amide bonds. The van der Waals surface area contributed by atoms with Crippen LogP contribution in [0.5, 0.6) is 0 Å². The quantitative estimate of drug-likeness (QED) is 0.308. The summed E-state index contributed by atoms with van der Waals surface area (Å²) in [5, 5.41) is 0. The normalized spacial score (nSPS) is 17.4. The summed E-state index contributed by atoms with van der Waals surface area (Å²) in [5.74, 6) is 0. The van der Waals surface area contributed by atoms with Crippen LogP contribution in [0.4, 0.5) is 0 Å². The molecule has 0 aromatic carbocycles. The fourth-order valence-electron chi connectivity index (χ4n) is 0.733. The van der Waals surface area contributed by atoms with Crippen molar-refractivity contribution in [3.63, 3.8) is 0 Å². The fourth-order valence-corrected chi connectivity index (χ4v) is 1.80. The topological polar surface area (TPSA) is 55.8 Å². The fraction of sp³-hybridized carbons (Fsp3) is 0.750. The first-order valence-electron chi connectivity index (χ1n) is 4.44. The van der Waals surface area contributed by atoms with Gasteiger partial charge in [0.25, 0.3) is 0 Å². The van der Waals surface area contributed by atoms with Crippen molar-refractivity contribution in [3.8, 4) is 0 Å². The molecular weight excluding hydrogens is 227 g/mol. The zero-order valence-electron chi connectivity index (χ0n) is 8.19. The molecule has 1 N–H and O–H groups in total. The van der Waals surface area contributed by atoms with Gasteiger partial charge in [0.05, 0.1) is 6.61 Å². The van der Waals surface area contributed by atoms with Gasteiger partial charge in [-0.3, -0.25) is 9.05 Å². The number of hydrogen-bond donors (Lipinski definition) is 1. The summed E-state index contributed by atoms with van der Waals surface area (Å²) in [6.45, 7) is 5.54. The van der Waals surface area contributed by atoms with E-state index in [0.29, 0.717) is 0 Å². The minimum absolute atomic E-state index is 0.197. The highest BCUT2D eigenvalue weighted by Gasteiger charge is 2.23. The predicted octanol–water partition coefficient (Wildman–Crippen LogP) is 3.06. The van der Waals surface area contributed by atoms with Crippen LogP contribution in [-0.2, 0) is 13.6 Å². The molecule has 4 nitrogen and oxygen atoms in total. The molecule has 0 aliphatic rings. The van der Waals surface area contributed by atoms with Gasteiger partial charge in [-0.2, -0.15) is 0 Å². The Balaban J connectivity index is 3.72. The summed E-state index contributed by atoms with van der Waals surface area (Å²) in [6.07, 6.45) is 3.90. The van der Waals surface area contributed by atoms with Crippen LogP contribution in [0.25, 0.3) is 0 Å². The van der Waals surface area contributed by atoms with E-state index in [4.69, 9.17) is 16.5 Å². The Labute approximate surface area is 89.5 Å². The van der Waals surface area contributed by atoms with E-state index in [9.17, 15) is 4.57 Å². The third-order valence-electron chi connectivity index (χ3n) is 1.42. The van der Waals surface area contributed by atoms with Gasteiger partial charge in [0.15, 0.2) is 5.56 Å². The first-order valence-corrected chi connectivity index (χ1v) is 6.37. The standard InChI is InChI=1S/C8H16ClO4P/c1-3-5-6-7-12-14(10,11)13-8(9)4-2/h4,8H,2-3,5-7H2,1H3,(H,10,11). The Bertz CT molecular complexity index is 210. The van der Waals surface area contributed by atoms with Gasteiger partial charge in [-0.05, 0) is 12.5 Å². The molecule has 0 spiro atoms. The van der Waals surface area contributed by atoms with Crippen LogP contribution in [0.1, 0.15) is 26.2 Å². The van der Waals surface area contributed by atoms with Crippen molar-refractivity contribution in [1.82, 2.24) is 0 Å². The zero-order valence-corrected chi connectivity index (χ0v) is 9.84. The van der Waals surface area contributed by atoms with Gasteiger partial charge in [0.2, 0.25) is 0 Å². The molecule has 0 saturated heterocycles. The maximum atomic E-state index is 11.1. The maximum Gasteiger partial charge on any atom is 0.473 e. The van der Waals surface area contributed by atoms with Crippen LogP contribution in [0.2, 0.25) is 0 Å². The minimum atomic E-state index is -4.01. The van der Waals surface area contributed by atoms with E-state index >= 15 is 0 Å². The Morgan fingerprint density at radius 3 is 2.79 bits per heavy atom. The molecule has 0 aliphatic carbocycles. The van der Waals surface area contributed by atoms with E-state index in [1.807, 2.05) is 6.92 Å². The van der Waals surface area contributed by atoms with Crippen molar-refractivity contribution < 1.29 is 18.5 Å². The Kier molecular flexibility index (Phi) is 7.51. The highest BCUT2D eigenvalue weighted by molar-refractivity contribution is 7.47. The number of hydrogen-bond acceptors (Lipinski definition) is 3. The first kappa shape index (κ1) is 14.1. The molecule has 0 aromatic heterocycles. The molecule has 6 heteroatoms. The van der Waals surface area contributed by atoms with Crippen LogP contribution >= 0.6 is 19.4 Å². The lowest BCUT2D eigenvalue weighted by atomic mass is 10.3.